The topological polar surface area (TPSA) is 91.5 Å². The zero-order valence-corrected chi connectivity index (χ0v) is 18.5. The number of pyridine rings is 1. The first-order chi connectivity index (χ1) is 15.5. The second kappa shape index (κ2) is 8.33. The first-order valence-electron chi connectivity index (χ1n) is 10.7. The third-order valence-electron chi connectivity index (χ3n) is 6.05. The second-order valence-electron chi connectivity index (χ2n) is 8.50. The molecule has 0 bridgehead atoms. The quantitative estimate of drug-likeness (QED) is 0.597. The van der Waals surface area contributed by atoms with Crippen LogP contribution in [-0.4, -0.2) is 48.9 Å². The lowest BCUT2D eigenvalue weighted by atomic mass is 10.00. The number of halogens is 3. The lowest BCUT2D eigenvalue weighted by Crippen LogP contribution is -2.25. The molecule has 3 heterocycles. The SMILES string of the molecule is CCN1C[C@H](Cn2nc3nc(-c4c(C)cc(C(F)(F)F)cc4O)ccc3c2[C@@H](C)O)CC1=O. The highest BCUT2D eigenvalue weighted by molar-refractivity contribution is 5.83. The molecule has 0 unspecified atom stereocenters. The van der Waals surface area contributed by atoms with Crippen LogP contribution in [0.2, 0.25) is 0 Å². The Labute approximate surface area is 188 Å². The van der Waals surface area contributed by atoms with Crippen LogP contribution in [0.15, 0.2) is 24.3 Å². The largest absolute Gasteiger partial charge is 0.507 e. The number of aryl methyl sites for hydroxylation is 1. The van der Waals surface area contributed by atoms with E-state index in [1.165, 1.54) is 6.92 Å². The first-order valence-corrected chi connectivity index (χ1v) is 10.7. The Balaban J connectivity index is 1.74. The molecule has 0 spiro atoms. The fourth-order valence-corrected chi connectivity index (χ4v) is 4.54. The molecule has 1 aromatic carbocycles. The van der Waals surface area contributed by atoms with Gasteiger partial charge in [-0.05, 0) is 50.6 Å². The van der Waals surface area contributed by atoms with E-state index in [1.807, 2.05) is 6.92 Å². The molecule has 0 saturated carbocycles. The van der Waals surface area contributed by atoms with Gasteiger partial charge in [-0.2, -0.15) is 18.3 Å². The summed E-state index contributed by atoms with van der Waals surface area (Å²) in [6, 6.07) is 4.94. The highest BCUT2D eigenvalue weighted by Gasteiger charge is 2.33. The first kappa shape index (κ1) is 23.0. The van der Waals surface area contributed by atoms with Crippen LogP contribution in [0.4, 0.5) is 13.2 Å². The van der Waals surface area contributed by atoms with Crippen molar-refractivity contribution in [2.45, 2.75) is 46.0 Å². The minimum absolute atomic E-state index is 0.0462. The summed E-state index contributed by atoms with van der Waals surface area (Å²) in [4.78, 5) is 18.4. The van der Waals surface area contributed by atoms with Gasteiger partial charge in [-0.25, -0.2) is 4.98 Å². The molecule has 0 aliphatic carbocycles. The normalized spacial score (nSPS) is 17.8. The number of carbonyl (C=O) groups is 1. The van der Waals surface area contributed by atoms with Crippen LogP contribution in [0.1, 0.15) is 43.2 Å². The molecule has 1 aliphatic heterocycles. The number of nitrogens with zero attached hydrogens (tertiary/aromatic N) is 4. The molecule has 2 N–H and O–H groups in total. The van der Waals surface area contributed by atoms with Crippen molar-refractivity contribution >= 4 is 16.9 Å². The molecule has 7 nitrogen and oxygen atoms in total. The van der Waals surface area contributed by atoms with E-state index in [-0.39, 0.29) is 28.6 Å². The van der Waals surface area contributed by atoms with Crippen molar-refractivity contribution in [1.82, 2.24) is 19.7 Å². The maximum absolute atomic E-state index is 13.1. The number of aliphatic hydroxyl groups excluding tert-OH is 1. The number of rotatable bonds is 5. The number of likely N-dealkylation sites (tertiary alicyclic amines) is 1. The van der Waals surface area contributed by atoms with E-state index in [0.717, 1.165) is 6.07 Å². The minimum atomic E-state index is -4.57. The van der Waals surface area contributed by atoms with Crippen molar-refractivity contribution < 1.29 is 28.2 Å². The molecule has 2 atom stereocenters. The van der Waals surface area contributed by atoms with Gasteiger partial charge in [-0.15, -0.1) is 0 Å². The van der Waals surface area contributed by atoms with Gasteiger partial charge in [0, 0.05) is 42.9 Å². The highest BCUT2D eigenvalue weighted by atomic mass is 19.4. The number of fused-ring (bicyclic) bond motifs is 1. The van der Waals surface area contributed by atoms with Crippen molar-refractivity contribution in [1.29, 1.82) is 0 Å². The van der Waals surface area contributed by atoms with Crippen molar-refractivity contribution in [3.63, 3.8) is 0 Å². The Morgan fingerprint density at radius 1 is 1.27 bits per heavy atom. The van der Waals surface area contributed by atoms with Gasteiger partial charge in [0.05, 0.1) is 23.1 Å². The van der Waals surface area contributed by atoms with Gasteiger partial charge >= 0.3 is 6.18 Å². The number of carbonyl (C=O) groups excluding carboxylic acids is 1. The molecule has 4 rings (SSSR count). The van der Waals surface area contributed by atoms with Crippen LogP contribution in [0, 0.1) is 12.8 Å². The van der Waals surface area contributed by atoms with Crippen molar-refractivity contribution in [2.75, 3.05) is 13.1 Å². The number of alkyl halides is 3. The molecule has 1 fully saturated rings. The Kier molecular flexibility index (Phi) is 5.81. The van der Waals surface area contributed by atoms with Crippen LogP contribution < -0.4 is 0 Å². The van der Waals surface area contributed by atoms with E-state index < -0.39 is 23.6 Å². The number of benzene rings is 1. The zero-order chi connectivity index (χ0) is 24.1. The fourth-order valence-electron chi connectivity index (χ4n) is 4.54. The molecule has 1 saturated heterocycles. The van der Waals surface area contributed by atoms with E-state index in [0.29, 0.717) is 48.8 Å². The predicted molar refractivity (Wildman–Crippen MR) is 115 cm³/mol. The summed E-state index contributed by atoms with van der Waals surface area (Å²) < 4.78 is 40.8. The van der Waals surface area contributed by atoms with Crippen LogP contribution in [-0.2, 0) is 17.5 Å². The number of hydrogen-bond donors (Lipinski definition) is 2. The number of aromatic hydroxyl groups is 1. The van der Waals surface area contributed by atoms with Gasteiger partial charge in [-0.3, -0.25) is 9.48 Å². The molecular weight excluding hydrogens is 437 g/mol. The van der Waals surface area contributed by atoms with E-state index in [4.69, 9.17) is 0 Å². The maximum Gasteiger partial charge on any atom is 0.416 e. The van der Waals surface area contributed by atoms with Crippen LogP contribution in [0.3, 0.4) is 0 Å². The number of phenols is 1. The van der Waals surface area contributed by atoms with Gasteiger partial charge < -0.3 is 15.1 Å². The Bertz CT molecular complexity index is 1200. The van der Waals surface area contributed by atoms with Crippen LogP contribution in [0.25, 0.3) is 22.3 Å². The standard InChI is InChI=1S/C23H25F3N4O3/c1-4-29-10-14(8-19(29)33)11-30-21(13(3)31)16-5-6-17(27-22(16)28-30)20-12(2)7-15(9-18(20)32)23(24,25)26/h5-7,9,13-14,31-32H,4,8,10-11H2,1-3H3/t13-,14-/m1/s1. The molecule has 3 aromatic rings. The van der Waals surface area contributed by atoms with Gasteiger partial charge in [-0.1, -0.05) is 0 Å². The van der Waals surface area contributed by atoms with E-state index in [9.17, 15) is 28.2 Å². The molecule has 0 radical (unpaired) electrons. The van der Waals surface area contributed by atoms with Gasteiger partial charge in [0.1, 0.15) is 5.75 Å². The Morgan fingerprint density at radius 3 is 2.58 bits per heavy atom. The summed E-state index contributed by atoms with van der Waals surface area (Å²) in [5.41, 5.74) is 0.626. The van der Waals surface area contributed by atoms with Gasteiger partial charge in [0.25, 0.3) is 0 Å². The summed E-state index contributed by atoms with van der Waals surface area (Å²) >= 11 is 0. The lowest BCUT2D eigenvalue weighted by molar-refractivity contribution is -0.137. The number of aromatic nitrogens is 3. The summed E-state index contributed by atoms with van der Waals surface area (Å²) in [6.45, 7) is 6.70. The van der Waals surface area contributed by atoms with E-state index in [2.05, 4.69) is 10.1 Å². The van der Waals surface area contributed by atoms with Crippen molar-refractivity contribution in [3.05, 3.63) is 41.1 Å². The summed E-state index contributed by atoms with van der Waals surface area (Å²) in [7, 11) is 0. The average Bonchev–Trinajstić information content (AvgIpc) is 3.25. The Morgan fingerprint density at radius 2 is 2.00 bits per heavy atom. The third kappa shape index (κ3) is 4.27. The zero-order valence-electron chi connectivity index (χ0n) is 18.5. The number of amides is 1. The molecule has 1 aliphatic rings. The molecule has 1 amide bonds. The summed E-state index contributed by atoms with van der Waals surface area (Å²) in [5, 5.41) is 25.8. The predicted octanol–water partition coefficient (Wildman–Crippen LogP) is 4.05. The summed E-state index contributed by atoms with van der Waals surface area (Å²) in [6.07, 6.45) is -5.01. The molecule has 33 heavy (non-hydrogen) atoms. The molecule has 176 valence electrons. The minimum Gasteiger partial charge on any atom is -0.507 e. The van der Waals surface area contributed by atoms with E-state index in [1.54, 1.807) is 28.6 Å². The van der Waals surface area contributed by atoms with Gasteiger partial charge in [0.15, 0.2) is 5.65 Å². The second-order valence-corrected chi connectivity index (χ2v) is 8.50. The monoisotopic (exact) mass is 462 g/mol. The lowest BCUT2D eigenvalue weighted by Gasteiger charge is -2.15. The fraction of sp³-hybridized carbons (Fsp3) is 0.435. The average molecular weight is 462 g/mol. The van der Waals surface area contributed by atoms with Crippen LogP contribution in [0.5, 0.6) is 5.75 Å². The number of hydrogen-bond acceptors (Lipinski definition) is 5. The number of phenolic OH excluding ortho intramolecular Hbond substituents is 1. The highest BCUT2D eigenvalue weighted by Crippen LogP contribution is 2.39. The van der Waals surface area contributed by atoms with E-state index >= 15 is 0 Å². The van der Waals surface area contributed by atoms with Crippen molar-refractivity contribution in [3.8, 4) is 17.0 Å². The van der Waals surface area contributed by atoms with Gasteiger partial charge in [0.2, 0.25) is 5.91 Å². The third-order valence-corrected chi connectivity index (χ3v) is 6.05. The smallest absolute Gasteiger partial charge is 0.416 e. The van der Waals surface area contributed by atoms with Crippen LogP contribution >= 0.6 is 0 Å². The summed E-state index contributed by atoms with van der Waals surface area (Å²) in [5.74, 6) is -0.384. The molecule has 10 heteroatoms. The maximum atomic E-state index is 13.1. The molecular formula is C23H25F3N4O3. The van der Waals surface area contributed by atoms with Crippen molar-refractivity contribution in [2.24, 2.45) is 5.92 Å². The number of aliphatic hydroxyl groups is 1. The molecule has 2 aromatic heterocycles. The Hall–Kier alpha value is -3.14.